The zero-order valence-electron chi connectivity index (χ0n) is 28.2. The van der Waals surface area contributed by atoms with Crippen molar-refractivity contribution < 1.29 is 32.2 Å². The molecule has 1 atom stereocenters. The van der Waals surface area contributed by atoms with Crippen molar-refractivity contribution in [3.05, 3.63) is 64.0 Å². The Hall–Kier alpha value is -3.32. The number of nitrogens with zero attached hydrogens (tertiary/aromatic N) is 1. The number of halogens is 1. The van der Waals surface area contributed by atoms with Crippen molar-refractivity contribution in [3.8, 4) is 16.2 Å². The molecule has 13 heteroatoms. The fourth-order valence-corrected chi connectivity index (χ4v) is 9.38. The van der Waals surface area contributed by atoms with Gasteiger partial charge in [0, 0.05) is 29.5 Å². The number of nitrogens with two attached hydrogens (primary N) is 1. The lowest BCUT2D eigenvalue weighted by Gasteiger charge is -2.39. The quantitative estimate of drug-likeness (QED) is 0.164. The first-order valence-corrected chi connectivity index (χ1v) is 18.8. The third-order valence-corrected chi connectivity index (χ3v) is 11.6. The topological polar surface area (TPSA) is 137 Å². The van der Waals surface area contributed by atoms with Crippen LogP contribution in [0.1, 0.15) is 82.5 Å². The molecule has 2 aromatic carbocycles. The maximum Gasteiger partial charge on any atom is 0.352 e. The van der Waals surface area contributed by atoms with Crippen LogP contribution in [0, 0.1) is 0 Å². The molecule has 3 aromatic rings. The number of thiophene rings is 1. The molecule has 1 aliphatic heterocycles. The molecule has 48 heavy (non-hydrogen) atoms. The second kappa shape index (κ2) is 13.5. The SMILES string of the molecule is CC(C)(C)OC(=O)COc1c(C(=O)OC(C)(C)C)sc(-c2cccc(N[C@H]3CCN(S(=O)(=O)Cc4cccc(N)c4)C4(CC4)C3)c2)c1Cl. The van der Waals surface area contributed by atoms with Crippen LogP contribution in [0.5, 0.6) is 5.75 Å². The number of nitrogens with one attached hydrogen (secondary N) is 1. The minimum absolute atomic E-state index is 0.0606. The standard InChI is InChI=1S/C35H44ClN3O7S2/c1-33(2,3)45-27(40)20-44-29-28(36)30(47-31(29)32(41)46-34(4,5)6)23-10-8-12-25(18-23)38-26-13-16-39(35(19-26)14-15-35)48(42,43)21-22-9-7-11-24(37)17-22/h7-12,17-18,26,38H,13-16,19-21,37H2,1-6H3/t26-/m0/s1. The molecule has 1 aliphatic carbocycles. The third-order valence-electron chi connectivity index (χ3n) is 7.94. The number of ether oxygens (including phenoxy) is 3. The van der Waals surface area contributed by atoms with E-state index in [1.807, 2.05) is 24.3 Å². The first-order valence-electron chi connectivity index (χ1n) is 16.0. The number of piperidine rings is 1. The van der Waals surface area contributed by atoms with E-state index in [4.69, 9.17) is 31.5 Å². The number of rotatable bonds is 10. The van der Waals surface area contributed by atoms with Gasteiger partial charge in [0.25, 0.3) is 0 Å². The van der Waals surface area contributed by atoms with E-state index in [9.17, 15) is 18.0 Å². The molecule has 0 unspecified atom stereocenters. The molecular weight excluding hydrogens is 674 g/mol. The van der Waals surface area contributed by atoms with Crippen molar-refractivity contribution in [1.29, 1.82) is 0 Å². The first-order chi connectivity index (χ1) is 22.3. The summed E-state index contributed by atoms with van der Waals surface area (Å²) in [5.41, 5.74) is 6.85. The highest BCUT2D eigenvalue weighted by Gasteiger charge is 2.55. The highest BCUT2D eigenvalue weighted by atomic mass is 35.5. The van der Waals surface area contributed by atoms with E-state index >= 15 is 0 Å². The fraction of sp³-hybridized carbons (Fsp3) is 0.486. The number of nitrogen functional groups attached to an aromatic ring is 1. The molecule has 1 saturated carbocycles. The van der Waals surface area contributed by atoms with Crippen LogP contribution in [-0.2, 0) is 30.0 Å². The Bertz CT molecular complexity index is 1790. The van der Waals surface area contributed by atoms with Crippen molar-refractivity contribution in [2.45, 2.75) is 95.8 Å². The van der Waals surface area contributed by atoms with Gasteiger partial charge in [0.05, 0.1) is 10.6 Å². The van der Waals surface area contributed by atoms with E-state index < -0.39 is 39.8 Å². The molecule has 5 rings (SSSR count). The van der Waals surface area contributed by atoms with Gasteiger partial charge in [0.2, 0.25) is 10.0 Å². The summed E-state index contributed by atoms with van der Waals surface area (Å²) in [5.74, 6) is -1.21. The van der Waals surface area contributed by atoms with E-state index in [1.165, 1.54) is 0 Å². The van der Waals surface area contributed by atoms with Crippen LogP contribution in [0.2, 0.25) is 5.02 Å². The van der Waals surface area contributed by atoms with E-state index in [0.717, 1.165) is 35.4 Å². The van der Waals surface area contributed by atoms with Gasteiger partial charge >= 0.3 is 11.9 Å². The van der Waals surface area contributed by atoms with Crippen LogP contribution in [-0.4, -0.2) is 60.6 Å². The molecule has 260 valence electrons. The van der Waals surface area contributed by atoms with Crippen LogP contribution in [0.3, 0.4) is 0 Å². The average Bonchev–Trinajstić information content (AvgIpc) is 3.61. The summed E-state index contributed by atoms with van der Waals surface area (Å²) in [6, 6.07) is 14.7. The molecule has 0 amide bonds. The lowest BCUT2D eigenvalue weighted by Crippen LogP contribution is -2.51. The number of hydrogen-bond acceptors (Lipinski definition) is 10. The van der Waals surface area contributed by atoms with Crippen LogP contribution >= 0.6 is 22.9 Å². The predicted molar refractivity (Wildman–Crippen MR) is 190 cm³/mol. The lowest BCUT2D eigenvalue weighted by atomic mass is 9.97. The van der Waals surface area contributed by atoms with Gasteiger partial charge in [-0.2, -0.15) is 4.31 Å². The van der Waals surface area contributed by atoms with Gasteiger partial charge in [0.1, 0.15) is 16.2 Å². The third kappa shape index (κ3) is 8.82. The summed E-state index contributed by atoms with van der Waals surface area (Å²) in [6.45, 7) is 10.6. The molecule has 2 aliphatic rings. The molecule has 2 heterocycles. The van der Waals surface area contributed by atoms with Crippen molar-refractivity contribution in [3.63, 3.8) is 0 Å². The Morgan fingerprint density at radius 1 is 1.04 bits per heavy atom. The number of esters is 2. The highest BCUT2D eigenvalue weighted by Crippen LogP contribution is 2.51. The Balaban J connectivity index is 1.33. The van der Waals surface area contributed by atoms with Gasteiger partial charge in [-0.15, -0.1) is 11.3 Å². The van der Waals surface area contributed by atoms with Crippen molar-refractivity contribution >= 4 is 56.3 Å². The second-order valence-corrected chi connectivity index (χ2v) is 17.8. The van der Waals surface area contributed by atoms with Gasteiger partial charge < -0.3 is 25.3 Å². The second-order valence-electron chi connectivity index (χ2n) is 14.5. The Labute approximate surface area is 291 Å². The summed E-state index contributed by atoms with van der Waals surface area (Å²) in [4.78, 5) is 26.4. The number of benzene rings is 2. The molecular formula is C35H44ClN3O7S2. The molecule has 1 aromatic heterocycles. The molecule has 0 bridgehead atoms. The maximum atomic E-state index is 13.5. The van der Waals surface area contributed by atoms with Crippen molar-refractivity contribution in [1.82, 2.24) is 4.31 Å². The Morgan fingerprint density at radius 2 is 1.73 bits per heavy atom. The van der Waals surface area contributed by atoms with E-state index in [-0.39, 0.29) is 33.0 Å². The fourth-order valence-electron chi connectivity index (χ4n) is 5.96. The van der Waals surface area contributed by atoms with E-state index in [0.29, 0.717) is 35.5 Å². The molecule has 1 saturated heterocycles. The zero-order valence-corrected chi connectivity index (χ0v) is 30.6. The van der Waals surface area contributed by atoms with E-state index in [1.54, 1.807) is 70.1 Å². The van der Waals surface area contributed by atoms with Gasteiger partial charge in [-0.05, 0) is 103 Å². The minimum atomic E-state index is -3.52. The summed E-state index contributed by atoms with van der Waals surface area (Å²) in [6.07, 6.45) is 2.99. The van der Waals surface area contributed by atoms with Gasteiger partial charge in [0.15, 0.2) is 17.2 Å². The number of anilines is 2. The summed E-state index contributed by atoms with van der Waals surface area (Å²) < 4.78 is 45.5. The van der Waals surface area contributed by atoms with Gasteiger partial charge in [-0.25, -0.2) is 18.0 Å². The van der Waals surface area contributed by atoms with Crippen LogP contribution < -0.4 is 15.8 Å². The summed E-state index contributed by atoms with van der Waals surface area (Å²) in [7, 11) is -3.52. The Kier molecular flexibility index (Phi) is 10.1. The smallest absolute Gasteiger partial charge is 0.352 e. The van der Waals surface area contributed by atoms with Crippen molar-refractivity contribution in [2.75, 3.05) is 24.2 Å². The molecule has 2 fully saturated rings. The van der Waals surface area contributed by atoms with Gasteiger partial charge in [-0.3, -0.25) is 0 Å². The molecule has 0 radical (unpaired) electrons. The number of hydrogen-bond donors (Lipinski definition) is 2. The molecule has 3 N–H and O–H groups in total. The summed E-state index contributed by atoms with van der Waals surface area (Å²) in [5, 5.41) is 3.80. The van der Waals surface area contributed by atoms with Crippen LogP contribution in [0.15, 0.2) is 48.5 Å². The van der Waals surface area contributed by atoms with Gasteiger partial charge in [-0.1, -0.05) is 35.9 Å². The predicted octanol–water partition coefficient (Wildman–Crippen LogP) is 7.27. The Morgan fingerprint density at radius 3 is 2.38 bits per heavy atom. The van der Waals surface area contributed by atoms with E-state index in [2.05, 4.69) is 5.32 Å². The number of carbonyl (C=O) groups excluding carboxylic acids is 2. The highest BCUT2D eigenvalue weighted by molar-refractivity contribution is 7.88. The monoisotopic (exact) mass is 717 g/mol. The number of sulfonamides is 1. The first kappa shape index (κ1) is 36.0. The zero-order chi connectivity index (χ0) is 35.1. The van der Waals surface area contributed by atoms with Crippen molar-refractivity contribution in [2.24, 2.45) is 0 Å². The average molecular weight is 718 g/mol. The molecule has 10 nitrogen and oxygen atoms in total. The normalized spacial score (nSPS) is 17.9. The molecule has 1 spiro atoms. The largest absolute Gasteiger partial charge is 0.479 e. The maximum absolute atomic E-state index is 13.5. The van der Waals surface area contributed by atoms with Crippen LogP contribution in [0.25, 0.3) is 10.4 Å². The van der Waals surface area contributed by atoms with Crippen LogP contribution in [0.4, 0.5) is 11.4 Å². The summed E-state index contributed by atoms with van der Waals surface area (Å²) >= 11 is 7.98. The minimum Gasteiger partial charge on any atom is -0.479 e. The lowest BCUT2D eigenvalue weighted by molar-refractivity contribution is -0.157. The number of carbonyl (C=O) groups is 2.